The number of likely N-dealkylation sites (tertiary alicyclic amines) is 1. The molecule has 12 heteroatoms. The summed E-state index contributed by atoms with van der Waals surface area (Å²) < 4.78 is 23.0. The van der Waals surface area contributed by atoms with Crippen molar-refractivity contribution in [3.63, 3.8) is 0 Å². The van der Waals surface area contributed by atoms with Gasteiger partial charge in [-0.25, -0.2) is 19.0 Å². The number of fused-ring (bicyclic) bond motifs is 1. The summed E-state index contributed by atoms with van der Waals surface area (Å²) in [6.07, 6.45) is 3.86. The number of nitrogens with zero attached hydrogens (tertiary/aromatic N) is 8. The number of ether oxygens (including phenoxy) is 1. The van der Waals surface area contributed by atoms with Crippen LogP contribution in [0.1, 0.15) is 20.3 Å². The zero-order chi connectivity index (χ0) is 31.7. The Hall–Kier alpha value is -4.86. The van der Waals surface area contributed by atoms with Gasteiger partial charge in [0.1, 0.15) is 46.8 Å². The standard InChI is InChI=1S/C33H36FN9O2/c1-33(2,41-15-13-40(3)14-16-41)18-22(19-35)32(44)42-12-11-23(42)20-43-31-28(30(36)37-21-38-31)29(39-43)26-10-9-25(17-27(26)34)45-24-7-5-4-6-8-24/h4-10,17-18,21,23H,11-16,20H2,1-3H3,(H2,36,37,38)/b22-18-. The van der Waals surface area contributed by atoms with Crippen molar-refractivity contribution in [2.45, 2.75) is 38.4 Å². The molecule has 0 bridgehead atoms. The third-order valence-electron chi connectivity index (χ3n) is 8.69. The summed E-state index contributed by atoms with van der Waals surface area (Å²) in [7, 11) is 2.09. The third kappa shape index (κ3) is 6.09. The van der Waals surface area contributed by atoms with E-state index < -0.39 is 11.4 Å². The van der Waals surface area contributed by atoms with Crippen molar-refractivity contribution in [3.05, 3.63) is 72.3 Å². The number of nitrogen functional groups attached to an aromatic ring is 1. The lowest BCUT2D eigenvalue weighted by molar-refractivity contribution is -0.134. The van der Waals surface area contributed by atoms with Crippen molar-refractivity contribution >= 4 is 22.8 Å². The van der Waals surface area contributed by atoms with E-state index in [0.29, 0.717) is 41.3 Å². The van der Waals surface area contributed by atoms with Crippen molar-refractivity contribution in [3.8, 4) is 28.8 Å². The maximum absolute atomic E-state index is 15.5. The average molecular weight is 610 g/mol. The number of rotatable bonds is 8. The molecule has 0 saturated carbocycles. The number of hydrogen-bond donors (Lipinski definition) is 1. The molecule has 2 aliphatic rings. The van der Waals surface area contributed by atoms with Gasteiger partial charge >= 0.3 is 0 Å². The number of carbonyl (C=O) groups excluding carboxylic acids is 1. The van der Waals surface area contributed by atoms with Crippen molar-refractivity contribution in [2.24, 2.45) is 0 Å². The lowest BCUT2D eigenvalue weighted by Crippen LogP contribution is -2.55. The molecular formula is C33H36FN9O2. The Morgan fingerprint density at radius 1 is 1.11 bits per heavy atom. The van der Waals surface area contributed by atoms with E-state index in [0.717, 1.165) is 32.6 Å². The van der Waals surface area contributed by atoms with Gasteiger partial charge in [-0.1, -0.05) is 18.2 Å². The second-order valence-electron chi connectivity index (χ2n) is 12.1. The molecule has 4 heterocycles. The van der Waals surface area contributed by atoms with E-state index in [2.05, 4.69) is 32.9 Å². The molecule has 2 aliphatic heterocycles. The van der Waals surface area contributed by atoms with Crippen LogP contribution in [-0.4, -0.2) is 91.7 Å². The van der Waals surface area contributed by atoms with Gasteiger partial charge in [-0.2, -0.15) is 10.4 Å². The number of nitrogens with two attached hydrogens (primary N) is 1. The van der Waals surface area contributed by atoms with E-state index in [1.807, 2.05) is 32.0 Å². The predicted molar refractivity (Wildman–Crippen MR) is 169 cm³/mol. The summed E-state index contributed by atoms with van der Waals surface area (Å²) in [6.45, 7) is 8.50. The number of nitriles is 1. The first-order chi connectivity index (χ1) is 21.6. The first-order valence-corrected chi connectivity index (χ1v) is 15.0. The molecule has 6 rings (SSSR count). The molecule has 0 aliphatic carbocycles. The molecule has 4 aromatic rings. The molecular weight excluding hydrogens is 573 g/mol. The number of halogens is 1. The van der Waals surface area contributed by atoms with Crippen LogP contribution in [0.5, 0.6) is 11.5 Å². The number of anilines is 1. The Morgan fingerprint density at radius 3 is 2.53 bits per heavy atom. The number of para-hydroxylation sites is 1. The van der Waals surface area contributed by atoms with E-state index in [1.54, 1.807) is 39.9 Å². The molecule has 1 unspecified atom stereocenters. The van der Waals surface area contributed by atoms with Crippen LogP contribution in [0, 0.1) is 17.1 Å². The first-order valence-electron chi connectivity index (χ1n) is 15.0. The van der Waals surface area contributed by atoms with Gasteiger partial charge in [0.25, 0.3) is 5.91 Å². The van der Waals surface area contributed by atoms with Gasteiger partial charge < -0.3 is 20.3 Å². The Balaban J connectivity index is 1.24. The summed E-state index contributed by atoms with van der Waals surface area (Å²) in [5.41, 5.74) is 6.90. The zero-order valence-corrected chi connectivity index (χ0v) is 25.7. The molecule has 0 spiro atoms. The molecule has 1 atom stereocenters. The molecule has 45 heavy (non-hydrogen) atoms. The fourth-order valence-electron chi connectivity index (χ4n) is 5.94. The van der Waals surface area contributed by atoms with Gasteiger partial charge in [-0.15, -0.1) is 0 Å². The van der Waals surface area contributed by atoms with Crippen LogP contribution in [0.15, 0.2) is 66.5 Å². The van der Waals surface area contributed by atoms with Gasteiger partial charge in [0, 0.05) is 49.9 Å². The van der Waals surface area contributed by atoms with Crippen LogP contribution in [0.2, 0.25) is 0 Å². The van der Waals surface area contributed by atoms with Gasteiger partial charge in [0.2, 0.25) is 0 Å². The van der Waals surface area contributed by atoms with Gasteiger partial charge in [0.15, 0.2) is 5.65 Å². The largest absolute Gasteiger partial charge is 0.457 e. The SMILES string of the molecule is CN1CCN(C(C)(C)/C=C(/C#N)C(=O)N2CCC2Cn2nc(-c3ccc(Oc4ccccc4)cc3F)c3c(N)ncnc32)CC1. The molecule has 2 fully saturated rings. The number of benzene rings is 2. The minimum Gasteiger partial charge on any atom is -0.457 e. The van der Waals surface area contributed by atoms with Crippen molar-refractivity contribution in [2.75, 3.05) is 45.5 Å². The van der Waals surface area contributed by atoms with E-state index in [1.165, 1.54) is 12.4 Å². The number of hydrogen-bond acceptors (Lipinski definition) is 9. The fourth-order valence-corrected chi connectivity index (χ4v) is 5.94. The molecule has 11 nitrogen and oxygen atoms in total. The summed E-state index contributed by atoms with van der Waals surface area (Å²) in [5.74, 6) is 0.269. The second-order valence-corrected chi connectivity index (χ2v) is 12.1. The molecule has 2 aromatic heterocycles. The topological polar surface area (TPSA) is 129 Å². The molecule has 2 N–H and O–H groups in total. The van der Waals surface area contributed by atoms with Crippen LogP contribution in [0.25, 0.3) is 22.3 Å². The molecule has 232 valence electrons. The summed E-state index contributed by atoms with van der Waals surface area (Å²) in [4.78, 5) is 28.4. The number of carbonyl (C=O) groups is 1. The Morgan fingerprint density at radius 2 is 1.87 bits per heavy atom. The van der Waals surface area contributed by atoms with Crippen molar-refractivity contribution < 1.29 is 13.9 Å². The number of aromatic nitrogens is 4. The van der Waals surface area contributed by atoms with Crippen LogP contribution in [-0.2, 0) is 11.3 Å². The average Bonchev–Trinajstić information content (AvgIpc) is 3.38. The quantitative estimate of drug-likeness (QED) is 0.232. The number of amides is 1. The Labute approximate surface area is 261 Å². The van der Waals surface area contributed by atoms with Crippen LogP contribution in [0.3, 0.4) is 0 Å². The lowest BCUT2D eigenvalue weighted by Gasteiger charge is -2.43. The van der Waals surface area contributed by atoms with Crippen molar-refractivity contribution in [1.82, 2.24) is 34.4 Å². The highest BCUT2D eigenvalue weighted by molar-refractivity contribution is 5.99. The third-order valence-corrected chi connectivity index (χ3v) is 8.69. The molecule has 1 amide bonds. The summed E-state index contributed by atoms with van der Waals surface area (Å²) in [5, 5.41) is 15.1. The fraction of sp³-hybridized carbons (Fsp3) is 0.364. The minimum atomic E-state index is -0.537. The maximum Gasteiger partial charge on any atom is 0.264 e. The van der Waals surface area contributed by atoms with E-state index >= 15 is 4.39 Å². The highest BCUT2D eigenvalue weighted by Crippen LogP contribution is 2.35. The molecule has 2 aromatic carbocycles. The van der Waals surface area contributed by atoms with Crippen molar-refractivity contribution in [1.29, 1.82) is 5.26 Å². The van der Waals surface area contributed by atoms with Gasteiger partial charge in [-0.3, -0.25) is 9.69 Å². The highest BCUT2D eigenvalue weighted by atomic mass is 19.1. The minimum absolute atomic E-state index is 0.126. The Kier molecular flexibility index (Phi) is 8.22. The first kappa shape index (κ1) is 30.2. The maximum atomic E-state index is 15.5. The summed E-state index contributed by atoms with van der Waals surface area (Å²) >= 11 is 0. The van der Waals surface area contributed by atoms with Crippen LogP contribution < -0.4 is 10.5 Å². The van der Waals surface area contributed by atoms with E-state index in [9.17, 15) is 10.1 Å². The monoisotopic (exact) mass is 609 g/mol. The second kappa shape index (κ2) is 12.3. The van der Waals surface area contributed by atoms with Gasteiger partial charge in [0.05, 0.1) is 18.0 Å². The van der Waals surface area contributed by atoms with E-state index in [4.69, 9.17) is 15.6 Å². The van der Waals surface area contributed by atoms with Gasteiger partial charge in [-0.05, 0) is 57.7 Å². The number of piperazine rings is 1. The molecule has 0 radical (unpaired) electrons. The highest BCUT2D eigenvalue weighted by Gasteiger charge is 2.37. The zero-order valence-electron chi connectivity index (χ0n) is 25.7. The van der Waals surface area contributed by atoms with E-state index in [-0.39, 0.29) is 28.9 Å². The van der Waals surface area contributed by atoms with Crippen LogP contribution >= 0.6 is 0 Å². The predicted octanol–water partition coefficient (Wildman–Crippen LogP) is 4.08. The van der Waals surface area contributed by atoms with Crippen LogP contribution in [0.4, 0.5) is 10.2 Å². The number of likely N-dealkylation sites (N-methyl/N-ethyl adjacent to an activating group) is 1. The molecule has 2 saturated heterocycles. The smallest absolute Gasteiger partial charge is 0.264 e. The normalized spacial score (nSPS) is 18.1. The lowest BCUT2D eigenvalue weighted by atomic mass is 9.95. The summed E-state index contributed by atoms with van der Waals surface area (Å²) in [6, 6.07) is 15.6. The Bertz CT molecular complexity index is 1790.